The van der Waals surface area contributed by atoms with Crippen molar-refractivity contribution in [2.24, 2.45) is 0 Å². The molecule has 2 rings (SSSR count). The summed E-state index contributed by atoms with van der Waals surface area (Å²) in [6.45, 7) is -0.725. The number of nitrogens with one attached hydrogen (secondary N) is 1. The highest BCUT2D eigenvalue weighted by atomic mass is 35.5. The summed E-state index contributed by atoms with van der Waals surface area (Å²) in [5.41, 5.74) is 0.0900. The highest BCUT2D eigenvalue weighted by Gasteiger charge is 2.15. The summed E-state index contributed by atoms with van der Waals surface area (Å²) in [6.07, 6.45) is 2.51. The lowest BCUT2D eigenvalue weighted by Crippen LogP contribution is -2.21. The fourth-order valence-corrected chi connectivity index (χ4v) is 1.97. The van der Waals surface area contributed by atoms with Crippen LogP contribution in [0.25, 0.3) is 6.08 Å². The minimum atomic E-state index is -1.71. The summed E-state index contributed by atoms with van der Waals surface area (Å²) in [5, 5.41) is 2.46. The summed E-state index contributed by atoms with van der Waals surface area (Å²) in [6, 6.07) is 8.19. The monoisotopic (exact) mass is 369 g/mol. The number of amides is 1. The van der Waals surface area contributed by atoms with Crippen molar-refractivity contribution in [3.05, 3.63) is 70.5 Å². The summed E-state index contributed by atoms with van der Waals surface area (Å²) >= 11 is 5.79. The van der Waals surface area contributed by atoms with E-state index in [-0.39, 0.29) is 0 Å². The summed E-state index contributed by atoms with van der Waals surface area (Å²) < 4.78 is 43.9. The molecule has 0 saturated heterocycles. The van der Waals surface area contributed by atoms with Gasteiger partial charge in [0.25, 0.3) is 5.91 Å². The van der Waals surface area contributed by atoms with Gasteiger partial charge in [-0.1, -0.05) is 23.7 Å². The van der Waals surface area contributed by atoms with Crippen molar-refractivity contribution in [2.75, 3.05) is 11.9 Å². The van der Waals surface area contributed by atoms with Gasteiger partial charge in [0.1, 0.15) is 0 Å². The number of rotatable bonds is 5. The molecule has 8 heteroatoms. The van der Waals surface area contributed by atoms with E-state index in [9.17, 15) is 22.8 Å². The van der Waals surface area contributed by atoms with Crippen LogP contribution in [0.3, 0.4) is 0 Å². The van der Waals surface area contributed by atoms with Crippen molar-refractivity contribution < 1.29 is 27.5 Å². The lowest BCUT2D eigenvalue weighted by atomic mass is 10.2. The maximum atomic E-state index is 13.4. The lowest BCUT2D eigenvalue weighted by Gasteiger charge is -2.07. The first-order chi connectivity index (χ1) is 11.9. The van der Waals surface area contributed by atoms with Gasteiger partial charge in [0.2, 0.25) is 0 Å². The van der Waals surface area contributed by atoms with Crippen LogP contribution in [0, 0.1) is 17.5 Å². The maximum Gasteiger partial charge on any atom is 0.331 e. The van der Waals surface area contributed by atoms with Crippen LogP contribution < -0.4 is 5.32 Å². The first-order valence-electron chi connectivity index (χ1n) is 6.90. The van der Waals surface area contributed by atoms with E-state index in [2.05, 4.69) is 4.74 Å². The fourth-order valence-electron chi connectivity index (χ4n) is 1.77. The molecule has 25 heavy (non-hydrogen) atoms. The third kappa shape index (κ3) is 5.36. The minimum Gasteiger partial charge on any atom is -0.452 e. The largest absolute Gasteiger partial charge is 0.452 e. The number of halogens is 4. The van der Waals surface area contributed by atoms with Crippen LogP contribution in [0.15, 0.2) is 42.5 Å². The van der Waals surface area contributed by atoms with Gasteiger partial charge in [-0.2, -0.15) is 0 Å². The van der Waals surface area contributed by atoms with E-state index in [4.69, 9.17) is 11.6 Å². The molecule has 2 aromatic rings. The second-order valence-corrected chi connectivity index (χ2v) is 5.20. The zero-order valence-electron chi connectivity index (χ0n) is 12.6. The van der Waals surface area contributed by atoms with E-state index in [1.165, 1.54) is 6.08 Å². The first kappa shape index (κ1) is 18.5. The Hall–Kier alpha value is -2.80. The smallest absolute Gasteiger partial charge is 0.331 e. The van der Waals surface area contributed by atoms with Gasteiger partial charge < -0.3 is 10.1 Å². The van der Waals surface area contributed by atoms with Crippen molar-refractivity contribution in [3.63, 3.8) is 0 Å². The van der Waals surface area contributed by atoms with Crippen LogP contribution in [-0.4, -0.2) is 18.5 Å². The minimum absolute atomic E-state index is 0.489. The molecule has 0 bridgehead atoms. The highest BCUT2D eigenvalue weighted by molar-refractivity contribution is 6.30. The zero-order valence-corrected chi connectivity index (χ0v) is 13.3. The van der Waals surface area contributed by atoms with E-state index >= 15 is 0 Å². The first-order valence-corrected chi connectivity index (χ1v) is 7.28. The number of benzene rings is 2. The Kier molecular flexibility index (Phi) is 6.19. The van der Waals surface area contributed by atoms with Gasteiger partial charge in [0, 0.05) is 11.1 Å². The van der Waals surface area contributed by atoms with Crippen molar-refractivity contribution >= 4 is 35.2 Å². The Morgan fingerprint density at radius 1 is 1.12 bits per heavy atom. The third-order valence-corrected chi connectivity index (χ3v) is 3.15. The molecule has 0 aliphatic heterocycles. The molecule has 0 aromatic heterocycles. The number of carbonyl (C=O) groups is 2. The lowest BCUT2D eigenvalue weighted by molar-refractivity contribution is -0.142. The Morgan fingerprint density at radius 3 is 2.60 bits per heavy atom. The second kappa shape index (κ2) is 8.34. The Labute approximate surface area is 145 Å². The SMILES string of the molecule is O=C(COC(=O)/C=C/c1cccc(Cl)c1)Nc1ccc(F)c(F)c1F. The van der Waals surface area contributed by atoms with Gasteiger partial charge in [0.05, 0.1) is 5.69 Å². The molecular formula is C17H11ClF3NO3. The zero-order chi connectivity index (χ0) is 18.4. The summed E-state index contributed by atoms with van der Waals surface area (Å²) in [5.74, 6) is -6.36. The molecule has 0 fully saturated rings. The van der Waals surface area contributed by atoms with Crippen molar-refractivity contribution in [1.82, 2.24) is 0 Å². The molecule has 0 aliphatic carbocycles. The fraction of sp³-hybridized carbons (Fsp3) is 0.0588. The average molecular weight is 370 g/mol. The maximum absolute atomic E-state index is 13.4. The average Bonchev–Trinajstić information content (AvgIpc) is 2.59. The van der Waals surface area contributed by atoms with E-state index < -0.39 is 41.6 Å². The summed E-state index contributed by atoms with van der Waals surface area (Å²) in [7, 11) is 0. The predicted octanol–water partition coefficient (Wildman–Crippen LogP) is 3.95. The molecular weight excluding hydrogens is 359 g/mol. The van der Waals surface area contributed by atoms with Gasteiger partial charge in [-0.3, -0.25) is 4.79 Å². The standard InChI is InChI=1S/C17H11ClF3NO3/c18-11-3-1-2-10(8-11)4-7-15(24)25-9-14(23)22-13-6-5-12(19)16(20)17(13)21/h1-8H,9H2,(H,22,23)/b7-4+. The Bertz CT molecular complexity index is 840. The molecule has 4 nitrogen and oxygen atoms in total. The van der Waals surface area contributed by atoms with Crippen molar-refractivity contribution in [3.8, 4) is 0 Å². The topological polar surface area (TPSA) is 55.4 Å². The van der Waals surface area contributed by atoms with Crippen LogP contribution in [0.5, 0.6) is 0 Å². The number of hydrogen-bond donors (Lipinski definition) is 1. The van der Waals surface area contributed by atoms with E-state index in [0.29, 0.717) is 16.7 Å². The second-order valence-electron chi connectivity index (χ2n) is 4.77. The molecule has 0 spiro atoms. The molecule has 0 aliphatic rings. The Balaban J connectivity index is 1.87. The number of esters is 1. The molecule has 130 valence electrons. The van der Waals surface area contributed by atoms with Crippen LogP contribution in [-0.2, 0) is 14.3 Å². The van der Waals surface area contributed by atoms with Gasteiger partial charge in [0.15, 0.2) is 24.1 Å². The van der Waals surface area contributed by atoms with E-state index in [1.807, 2.05) is 5.32 Å². The normalized spacial score (nSPS) is 10.7. The van der Waals surface area contributed by atoms with Gasteiger partial charge >= 0.3 is 5.97 Å². The molecule has 2 aromatic carbocycles. The van der Waals surface area contributed by atoms with Gasteiger partial charge in [-0.25, -0.2) is 18.0 Å². The number of hydrogen-bond acceptors (Lipinski definition) is 3. The number of anilines is 1. The molecule has 0 atom stereocenters. The number of ether oxygens (including phenoxy) is 1. The molecule has 0 saturated carbocycles. The van der Waals surface area contributed by atoms with Crippen molar-refractivity contribution in [2.45, 2.75) is 0 Å². The van der Waals surface area contributed by atoms with Crippen LogP contribution in [0.4, 0.5) is 18.9 Å². The highest BCUT2D eigenvalue weighted by Crippen LogP contribution is 2.19. The molecule has 0 unspecified atom stereocenters. The predicted molar refractivity (Wildman–Crippen MR) is 86.4 cm³/mol. The van der Waals surface area contributed by atoms with Crippen LogP contribution in [0.2, 0.25) is 5.02 Å². The molecule has 0 heterocycles. The number of carbonyl (C=O) groups excluding carboxylic acids is 2. The Morgan fingerprint density at radius 2 is 1.88 bits per heavy atom. The molecule has 1 N–H and O–H groups in total. The van der Waals surface area contributed by atoms with Crippen LogP contribution in [0.1, 0.15) is 5.56 Å². The molecule has 0 radical (unpaired) electrons. The van der Waals surface area contributed by atoms with E-state index in [0.717, 1.165) is 12.1 Å². The van der Waals surface area contributed by atoms with E-state index in [1.54, 1.807) is 24.3 Å². The third-order valence-electron chi connectivity index (χ3n) is 2.92. The van der Waals surface area contributed by atoms with Crippen LogP contribution >= 0.6 is 11.6 Å². The van der Waals surface area contributed by atoms with Gasteiger partial charge in [-0.15, -0.1) is 0 Å². The quantitative estimate of drug-likeness (QED) is 0.493. The van der Waals surface area contributed by atoms with Gasteiger partial charge in [-0.05, 0) is 35.9 Å². The molecule has 1 amide bonds. The summed E-state index contributed by atoms with van der Waals surface area (Å²) in [4.78, 5) is 23.1. The van der Waals surface area contributed by atoms with Crippen molar-refractivity contribution in [1.29, 1.82) is 0 Å².